The number of amides is 1. The molecule has 0 radical (unpaired) electrons. The third kappa shape index (κ3) is 3.93. The third-order valence-electron chi connectivity index (χ3n) is 5.16. The standard InChI is InChI=1S/C21H22N4O3S/c1-2-25(16-7-8-16)20-17-9-6-15(11-18(17)23-24-19(20)21(22)26)14-5-3-4-13(10-14)12-29(27)28/h3-6,9-11,16,29H,2,7-8,12H2,1H3,(H2,22,26). The third-order valence-corrected chi connectivity index (χ3v) is 5.78. The van der Waals surface area contributed by atoms with E-state index in [1.54, 1.807) is 6.07 Å². The summed E-state index contributed by atoms with van der Waals surface area (Å²) >= 11 is 0. The minimum Gasteiger partial charge on any atom is -0.366 e. The van der Waals surface area contributed by atoms with Gasteiger partial charge in [0, 0.05) is 18.0 Å². The number of anilines is 1. The molecule has 1 saturated carbocycles. The van der Waals surface area contributed by atoms with Crippen molar-refractivity contribution in [2.24, 2.45) is 5.73 Å². The number of fused-ring (bicyclic) bond motifs is 1. The lowest BCUT2D eigenvalue weighted by molar-refractivity contribution is 0.0995. The molecular weight excluding hydrogens is 388 g/mol. The number of hydrogen-bond donors (Lipinski definition) is 2. The molecule has 4 rings (SSSR count). The average Bonchev–Trinajstić information content (AvgIpc) is 3.53. The normalized spacial score (nSPS) is 13.7. The molecule has 1 amide bonds. The smallest absolute Gasteiger partial charge is 0.271 e. The Labute approximate surface area is 170 Å². The van der Waals surface area contributed by atoms with Gasteiger partial charge in [0.25, 0.3) is 5.91 Å². The first-order valence-corrected chi connectivity index (χ1v) is 10.9. The molecule has 0 unspecified atom stereocenters. The number of aromatic nitrogens is 2. The van der Waals surface area contributed by atoms with Crippen LogP contribution in [0.2, 0.25) is 0 Å². The van der Waals surface area contributed by atoms with Gasteiger partial charge < -0.3 is 10.6 Å². The van der Waals surface area contributed by atoms with E-state index in [1.807, 2.05) is 36.4 Å². The van der Waals surface area contributed by atoms with Crippen LogP contribution in [-0.4, -0.2) is 37.1 Å². The van der Waals surface area contributed by atoms with Gasteiger partial charge in [-0.1, -0.05) is 30.3 Å². The van der Waals surface area contributed by atoms with E-state index in [9.17, 15) is 13.2 Å². The van der Waals surface area contributed by atoms with Crippen LogP contribution in [0.3, 0.4) is 0 Å². The second-order valence-electron chi connectivity index (χ2n) is 7.20. The van der Waals surface area contributed by atoms with Crippen LogP contribution in [0.25, 0.3) is 22.0 Å². The fourth-order valence-electron chi connectivity index (χ4n) is 3.71. The summed E-state index contributed by atoms with van der Waals surface area (Å²) in [5.74, 6) is -0.577. The van der Waals surface area contributed by atoms with Crippen molar-refractivity contribution in [1.29, 1.82) is 0 Å². The zero-order valence-electron chi connectivity index (χ0n) is 16.0. The number of carbonyl (C=O) groups excluding carboxylic acids is 1. The summed E-state index contributed by atoms with van der Waals surface area (Å²) in [5.41, 5.74) is 9.73. The first-order chi connectivity index (χ1) is 14.0. The second-order valence-corrected chi connectivity index (χ2v) is 8.18. The Bertz CT molecular complexity index is 1160. The minimum absolute atomic E-state index is 0.00945. The SMILES string of the molecule is CCN(c1c(C(N)=O)nnc2cc(-c3cccc(C[SH](=O)=O)c3)ccc12)C1CC1. The summed E-state index contributed by atoms with van der Waals surface area (Å²) in [6, 6.07) is 13.6. The molecule has 1 aromatic heterocycles. The van der Waals surface area contributed by atoms with Crippen LogP contribution in [0.5, 0.6) is 0 Å². The molecule has 1 aliphatic rings. The average molecular weight is 410 g/mol. The van der Waals surface area contributed by atoms with E-state index >= 15 is 0 Å². The summed E-state index contributed by atoms with van der Waals surface area (Å²) in [6.45, 7) is 2.80. The molecule has 7 nitrogen and oxygen atoms in total. The number of hydrogen-bond acceptors (Lipinski definition) is 6. The van der Waals surface area contributed by atoms with Crippen molar-refractivity contribution in [2.45, 2.75) is 31.6 Å². The molecule has 29 heavy (non-hydrogen) atoms. The fraction of sp³-hybridized carbons (Fsp3) is 0.286. The Hall–Kier alpha value is -3.00. The van der Waals surface area contributed by atoms with Crippen LogP contribution in [0.15, 0.2) is 42.5 Å². The highest BCUT2D eigenvalue weighted by atomic mass is 32.2. The number of rotatable bonds is 7. The van der Waals surface area contributed by atoms with Crippen molar-refractivity contribution >= 4 is 33.2 Å². The Morgan fingerprint density at radius 1 is 1.14 bits per heavy atom. The van der Waals surface area contributed by atoms with Crippen molar-refractivity contribution in [3.63, 3.8) is 0 Å². The summed E-state index contributed by atoms with van der Waals surface area (Å²) < 4.78 is 22.1. The van der Waals surface area contributed by atoms with Crippen LogP contribution in [0, 0.1) is 0 Å². The molecular formula is C21H22N4O3S. The van der Waals surface area contributed by atoms with Crippen molar-refractivity contribution in [1.82, 2.24) is 10.2 Å². The highest BCUT2D eigenvalue weighted by molar-refractivity contribution is 7.71. The monoisotopic (exact) mass is 410 g/mol. The van der Waals surface area contributed by atoms with Crippen molar-refractivity contribution in [2.75, 3.05) is 11.4 Å². The zero-order chi connectivity index (χ0) is 20.5. The Balaban J connectivity index is 1.83. The molecule has 150 valence electrons. The number of benzene rings is 2. The van der Waals surface area contributed by atoms with Crippen LogP contribution in [0.4, 0.5) is 5.69 Å². The molecule has 2 N–H and O–H groups in total. The maximum absolute atomic E-state index is 12.0. The van der Waals surface area contributed by atoms with E-state index in [2.05, 4.69) is 22.0 Å². The van der Waals surface area contributed by atoms with E-state index in [4.69, 9.17) is 5.73 Å². The zero-order valence-corrected chi connectivity index (χ0v) is 16.9. The van der Waals surface area contributed by atoms with Gasteiger partial charge in [-0.25, -0.2) is 8.42 Å². The van der Waals surface area contributed by atoms with Gasteiger partial charge >= 0.3 is 0 Å². The summed E-state index contributed by atoms with van der Waals surface area (Å²) in [5, 5.41) is 9.21. The number of carbonyl (C=O) groups is 1. The lowest BCUT2D eigenvalue weighted by Gasteiger charge is -2.25. The maximum Gasteiger partial charge on any atom is 0.271 e. The first-order valence-electron chi connectivity index (χ1n) is 9.56. The summed E-state index contributed by atoms with van der Waals surface area (Å²) in [4.78, 5) is 14.2. The van der Waals surface area contributed by atoms with E-state index in [0.29, 0.717) is 11.6 Å². The molecule has 8 heteroatoms. The lowest BCUT2D eigenvalue weighted by Crippen LogP contribution is -2.29. The Kier molecular flexibility index (Phi) is 5.19. The van der Waals surface area contributed by atoms with Gasteiger partial charge in [-0.3, -0.25) is 4.79 Å². The summed E-state index contributed by atoms with van der Waals surface area (Å²) in [7, 11) is -2.48. The van der Waals surface area contributed by atoms with Crippen LogP contribution in [0.1, 0.15) is 35.8 Å². The predicted molar refractivity (Wildman–Crippen MR) is 114 cm³/mol. The molecule has 1 aliphatic carbocycles. The van der Waals surface area contributed by atoms with Crippen LogP contribution >= 0.6 is 0 Å². The predicted octanol–water partition coefficient (Wildman–Crippen LogP) is 2.50. The number of thiol groups is 1. The van der Waals surface area contributed by atoms with Crippen LogP contribution < -0.4 is 10.6 Å². The molecule has 0 aliphatic heterocycles. The van der Waals surface area contributed by atoms with Crippen molar-refractivity contribution < 1.29 is 13.2 Å². The van der Waals surface area contributed by atoms with Gasteiger partial charge in [0.1, 0.15) is 10.7 Å². The molecule has 0 bridgehead atoms. The highest BCUT2D eigenvalue weighted by Gasteiger charge is 2.32. The minimum atomic E-state index is -2.48. The first kappa shape index (κ1) is 19.3. The van der Waals surface area contributed by atoms with Gasteiger partial charge in [-0.2, -0.15) is 0 Å². The van der Waals surface area contributed by atoms with Gasteiger partial charge in [0.15, 0.2) is 5.69 Å². The molecule has 0 atom stereocenters. The molecule has 0 spiro atoms. The summed E-state index contributed by atoms with van der Waals surface area (Å²) in [6.07, 6.45) is 2.17. The van der Waals surface area contributed by atoms with Gasteiger partial charge in [-0.05, 0) is 48.6 Å². The van der Waals surface area contributed by atoms with Gasteiger partial charge in [0.2, 0.25) is 0 Å². The Morgan fingerprint density at radius 3 is 2.55 bits per heavy atom. The topological polar surface area (TPSA) is 106 Å². The molecule has 1 fully saturated rings. The van der Waals surface area contributed by atoms with E-state index in [1.165, 1.54) is 0 Å². The Morgan fingerprint density at radius 2 is 1.90 bits per heavy atom. The van der Waals surface area contributed by atoms with Crippen LogP contribution in [-0.2, 0) is 16.5 Å². The lowest BCUT2D eigenvalue weighted by atomic mass is 10.0. The number of nitrogens with zero attached hydrogens (tertiary/aromatic N) is 3. The van der Waals surface area contributed by atoms with Gasteiger partial charge in [0.05, 0.1) is 17.0 Å². The molecule has 3 aromatic rings. The van der Waals surface area contributed by atoms with Crippen molar-refractivity contribution in [3.8, 4) is 11.1 Å². The molecule has 2 aromatic carbocycles. The molecule has 1 heterocycles. The fourth-order valence-corrected chi connectivity index (χ4v) is 4.21. The quantitative estimate of drug-likeness (QED) is 0.580. The van der Waals surface area contributed by atoms with Gasteiger partial charge in [-0.15, -0.1) is 10.2 Å². The largest absolute Gasteiger partial charge is 0.366 e. The van der Waals surface area contributed by atoms with Crippen molar-refractivity contribution in [3.05, 3.63) is 53.7 Å². The second kappa shape index (κ2) is 7.79. The molecule has 0 saturated heterocycles. The van der Waals surface area contributed by atoms with E-state index in [0.717, 1.165) is 47.2 Å². The maximum atomic E-state index is 12.0. The highest BCUT2D eigenvalue weighted by Crippen LogP contribution is 2.37. The number of nitrogens with two attached hydrogens (primary N) is 1. The van der Waals surface area contributed by atoms with E-state index in [-0.39, 0.29) is 11.4 Å². The van der Waals surface area contributed by atoms with E-state index < -0.39 is 16.6 Å². The number of primary amides is 1.